The van der Waals surface area contributed by atoms with Crippen molar-refractivity contribution in [2.75, 3.05) is 19.8 Å². The van der Waals surface area contributed by atoms with Gasteiger partial charge in [-0.3, -0.25) is 4.98 Å². The second-order valence-corrected chi connectivity index (χ2v) is 10.7. The molecule has 1 saturated heterocycles. The minimum absolute atomic E-state index is 0.0682. The summed E-state index contributed by atoms with van der Waals surface area (Å²) in [5.74, 6) is 1.20. The predicted octanol–water partition coefficient (Wildman–Crippen LogP) is 2.67. The Bertz CT molecular complexity index is 1360. The summed E-state index contributed by atoms with van der Waals surface area (Å²) in [5.41, 5.74) is 1.17. The third kappa shape index (κ3) is 4.85. The third-order valence-electron chi connectivity index (χ3n) is 6.37. The summed E-state index contributed by atoms with van der Waals surface area (Å²) in [7, 11) is -3.83. The molecular formula is C24H33N5O5S. The van der Waals surface area contributed by atoms with Crippen LogP contribution in [0.3, 0.4) is 0 Å². The Kier molecular flexibility index (Phi) is 7.58. The van der Waals surface area contributed by atoms with Gasteiger partial charge in [-0.05, 0) is 57.7 Å². The van der Waals surface area contributed by atoms with Crippen molar-refractivity contribution in [3.8, 4) is 17.1 Å². The van der Waals surface area contributed by atoms with E-state index in [0.717, 1.165) is 31.4 Å². The molecular weight excluding hydrogens is 470 g/mol. The number of ether oxygens (including phenoxy) is 1. The smallest absolute Gasteiger partial charge is 0.334 e. The van der Waals surface area contributed by atoms with E-state index in [1.807, 2.05) is 13.8 Å². The molecule has 190 valence electrons. The minimum Gasteiger partial charge on any atom is -0.493 e. The number of nitrogens with one attached hydrogen (secondary N) is 1. The highest BCUT2D eigenvalue weighted by Crippen LogP contribution is 2.33. The standard InChI is InChI=1S/C24H33N5O5S/c1-4-8-20-23-26-22(27-24(31)29(23)16(3)25-20)19-15-18(10-11-21(19)34-5-2)35(32,33)28-13-7-6-9-17(28)12-14-30/h10-11,15,17,30H,4-9,12-14H2,1-3H3,(H,26,27,31). The fourth-order valence-corrected chi connectivity index (χ4v) is 6.51. The van der Waals surface area contributed by atoms with Crippen LogP contribution in [0.4, 0.5) is 0 Å². The van der Waals surface area contributed by atoms with E-state index in [1.165, 1.54) is 20.8 Å². The largest absolute Gasteiger partial charge is 0.493 e. The zero-order valence-corrected chi connectivity index (χ0v) is 21.3. The lowest BCUT2D eigenvalue weighted by atomic mass is 10.0. The van der Waals surface area contributed by atoms with Crippen LogP contribution in [-0.2, 0) is 16.4 Å². The fraction of sp³-hybridized carbons (Fsp3) is 0.542. The number of hydrogen-bond donors (Lipinski definition) is 2. The lowest BCUT2D eigenvalue weighted by Gasteiger charge is -2.34. The van der Waals surface area contributed by atoms with Gasteiger partial charge in [0.05, 0.1) is 22.8 Å². The Morgan fingerprint density at radius 3 is 2.74 bits per heavy atom. The number of aryl methyl sites for hydroxylation is 2. The van der Waals surface area contributed by atoms with Gasteiger partial charge in [-0.2, -0.15) is 4.31 Å². The van der Waals surface area contributed by atoms with Crippen molar-refractivity contribution < 1.29 is 18.3 Å². The first-order valence-corrected chi connectivity index (χ1v) is 13.6. The first kappa shape index (κ1) is 25.3. The molecule has 3 aromatic rings. The second kappa shape index (κ2) is 10.5. The van der Waals surface area contributed by atoms with Crippen molar-refractivity contribution in [1.29, 1.82) is 0 Å². The van der Waals surface area contributed by atoms with Gasteiger partial charge >= 0.3 is 5.69 Å². The molecule has 0 saturated carbocycles. The van der Waals surface area contributed by atoms with E-state index in [-0.39, 0.29) is 23.4 Å². The highest BCUT2D eigenvalue weighted by molar-refractivity contribution is 7.89. The number of aliphatic hydroxyl groups is 1. The van der Waals surface area contributed by atoms with Gasteiger partial charge in [-0.25, -0.2) is 27.6 Å². The highest BCUT2D eigenvalue weighted by atomic mass is 32.2. The number of benzene rings is 1. The number of rotatable bonds is 9. The van der Waals surface area contributed by atoms with E-state index in [4.69, 9.17) is 9.72 Å². The first-order valence-electron chi connectivity index (χ1n) is 12.2. The summed E-state index contributed by atoms with van der Waals surface area (Å²) >= 11 is 0. The number of aromatic nitrogens is 4. The van der Waals surface area contributed by atoms with Gasteiger partial charge in [0.25, 0.3) is 0 Å². The minimum atomic E-state index is -3.83. The van der Waals surface area contributed by atoms with Gasteiger partial charge in [0.15, 0.2) is 5.65 Å². The third-order valence-corrected chi connectivity index (χ3v) is 8.32. The van der Waals surface area contributed by atoms with Crippen LogP contribution in [0.5, 0.6) is 5.75 Å². The topological polar surface area (TPSA) is 130 Å². The number of aliphatic hydroxyl groups excluding tert-OH is 1. The molecule has 2 aromatic heterocycles. The van der Waals surface area contributed by atoms with E-state index < -0.39 is 15.7 Å². The number of aromatic amines is 1. The van der Waals surface area contributed by atoms with E-state index in [0.29, 0.717) is 48.8 Å². The van der Waals surface area contributed by atoms with Crippen LogP contribution in [0.25, 0.3) is 17.0 Å². The van der Waals surface area contributed by atoms with Crippen molar-refractivity contribution in [3.05, 3.63) is 40.2 Å². The molecule has 35 heavy (non-hydrogen) atoms. The first-order chi connectivity index (χ1) is 16.8. The predicted molar refractivity (Wildman–Crippen MR) is 132 cm³/mol. The van der Waals surface area contributed by atoms with Gasteiger partial charge in [-0.15, -0.1) is 0 Å². The molecule has 4 rings (SSSR count). The van der Waals surface area contributed by atoms with E-state index in [1.54, 1.807) is 13.0 Å². The number of imidazole rings is 1. The van der Waals surface area contributed by atoms with Gasteiger partial charge in [0.2, 0.25) is 10.0 Å². The lowest BCUT2D eigenvalue weighted by molar-refractivity contribution is 0.192. The van der Waals surface area contributed by atoms with E-state index in [9.17, 15) is 18.3 Å². The Morgan fingerprint density at radius 2 is 2.03 bits per heavy atom. The van der Waals surface area contributed by atoms with Gasteiger partial charge in [0.1, 0.15) is 17.4 Å². The molecule has 1 unspecified atom stereocenters. The summed E-state index contributed by atoms with van der Waals surface area (Å²) < 4.78 is 36.0. The Morgan fingerprint density at radius 1 is 1.23 bits per heavy atom. The monoisotopic (exact) mass is 503 g/mol. The zero-order chi connectivity index (χ0) is 25.2. The quantitative estimate of drug-likeness (QED) is 0.459. The molecule has 0 aliphatic carbocycles. The average Bonchev–Trinajstić information content (AvgIpc) is 3.15. The van der Waals surface area contributed by atoms with Crippen LogP contribution in [0.2, 0.25) is 0 Å². The van der Waals surface area contributed by atoms with E-state index >= 15 is 0 Å². The Hall–Kier alpha value is -2.76. The summed E-state index contributed by atoms with van der Waals surface area (Å²) in [6.45, 7) is 6.32. The molecule has 0 amide bonds. The molecule has 11 heteroatoms. The molecule has 3 heterocycles. The number of fused-ring (bicyclic) bond motifs is 1. The molecule has 0 spiro atoms. The number of nitrogens with zero attached hydrogens (tertiary/aromatic N) is 4. The molecule has 1 fully saturated rings. The summed E-state index contributed by atoms with van der Waals surface area (Å²) in [6, 6.07) is 4.41. The van der Waals surface area contributed by atoms with Crippen LogP contribution in [0.1, 0.15) is 57.5 Å². The highest BCUT2D eigenvalue weighted by Gasteiger charge is 2.33. The molecule has 1 aromatic carbocycles. The maximum Gasteiger partial charge on any atom is 0.334 e. The molecule has 1 aliphatic rings. The normalized spacial score (nSPS) is 17.2. The number of piperidine rings is 1. The number of sulfonamides is 1. The zero-order valence-electron chi connectivity index (χ0n) is 20.5. The van der Waals surface area contributed by atoms with Crippen molar-refractivity contribution in [3.63, 3.8) is 0 Å². The van der Waals surface area contributed by atoms with Crippen LogP contribution in [0.15, 0.2) is 27.9 Å². The molecule has 1 atom stereocenters. The second-order valence-electron chi connectivity index (χ2n) is 8.77. The Labute approximate surface area is 205 Å². The SMILES string of the molecule is CCCc1nc(C)n2c(=O)[nH]c(-c3cc(S(=O)(=O)N4CCCCC4CCO)ccc3OCC)nc12. The Balaban J connectivity index is 1.86. The van der Waals surface area contributed by atoms with Crippen LogP contribution in [0, 0.1) is 6.92 Å². The van der Waals surface area contributed by atoms with Crippen LogP contribution < -0.4 is 10.4 Å². The molecule has 10 nitrogen and oxygen atoms in total. The summed E-state index contributed by atoms with van der Waals surface area (Å²) in [5, 5.41) is 9.45. The van der Waals surface area contributed by atoms with Crippen molar-refractivity contribution >= 4 is 15.7 Å². The molecule has 2 N–H and O–H groups in total. The molecule has 0 bridgehead atoms. The van der Waals surface area contributed by atoms with Crippen molar-refractivity contribution in [2.45, 2.75) is 70.2 Å². The maximum absolute atomic E-state index is 13.6. The van der Waals surface area contributed by atoms with Crippen molar-refractivity contribution in [1.82, 2.24) is 23.7 Å². The number of hydrogen-bond acceptors (Lipinski definition) is 7. The van der Waals surface area contributed by atoms with Gasteiger partial charge < -0.3 is 9.84 Å². The van der Waals surface area contributed by atoms with E-state index in [2.05, 4.69) is 9.97 Å². The number of H-pyrrole nitrogens is 1. The fourth-order valence-electron chi connectivity index (χ4n) is 4.76. The van der Waals surface area contributed by atoms with Crippen LogP contribution in [-0.4, -0.2) is 63.0 Å². The maximum atomic E-state index is 13.6. The average molecular weight is 504 g/mol. The summed E-state index contributed by atoms with van der Waals surface area (Å²) in [6.07, 6.45) is 4.34. The molecule has 0 radical (unpaired) electrons. The van der Waals surface area contributed by atoms with Crippen LogP contribution >= 0.6 is 0 Å². The van der Waals surface area contributed by atoms with Crippen molar-refractivity contribution in [2.24, 2.45) is 0 Å². The van der Waals surface area contributed by atoms with Gasteiger partial charge in [-0.1, -0.05) is 19.8 Å². The van der Waals surface area contributed by atoms with Gasteiger partial charge in [0, 0.05) is 19.2 Å². The molecule has 1 aliphatic heterocycles. The lowest BCUT2D eigenvalue weighted by Crippen LogP contribution is -2.44. The summed E-state index contributed by atoms with van der Waals surface area (Å²) in [4.78, 5) is 25.0.